The monoisotopic (exact) mass is 446 g/mol. The van der Waals surface area contributed by atoms with Crippen molar-refractivity contribution in [3.8, 4) is 0 Å². The predicted octanol–water partition coefficient (Wildman–Crippen LogP) is 5.14. The number of amides is 1. The van der Waals surface area contributed by atoms with E-state index in [-0.39, 0.29) is 11.7 Å². The van der Waals surface area contributed by atoms with E-state index in [2.05, 4.69) is 36.9 Å². The molecular weight excluding hydrogens is 416 g/mol. The number of aromatic nitrogens is 5. The van der Waals surface area contributed by atoms with Crippen molar-refractivity contribution in [2.45, 2.75) is 87.7 Å². The van der Waals surface area contributed by atoms with Gasteiger partial charge in [-0.25, -0.2) is 0 Å². The fraction of sp³-hybridized carbons (Fsp3) is 0.667. The number of hydrogen-bond donors (Lipinski definition) is 1. The van der Waals surface area contributed by atoms with Gasteiger partial charge >= 0.3 is 0 Å². The third-order valence-corrected chi connectivity index (χ3v) is 7.97. The van der Waals surface area contributed by atoms with Gasteiger partial charge in [-0.1, -0.05) is 67.7 Å². The van der Waals surface area contributed by atoms with Crippen LogP contribution in [0, 0.1) is 0 Å². The fourth-order valence-corrected chi connectivity index (χ4v) is 6.14. The van der Waals surface area contributed by atoms with Crippen LogP contribution in [-0.2, 0) is 11.3 Å². The van der Waals surface area contributed by atoms with Crippen molar-refractivity contribution >= 4 is 34.1 Å². The average molecular weight is 447 g/mol. The SMILES string of the molecule is C=CCn1c(SCC(=O)Nc2nnc(C3CCCCC3)s2)nnc1C1CCCCC1. The molecule has 4 rings (SSSR count). The molecule has 0 radical (unpaired) electrons. The minimum atomic E-state index is -0.0845. The molecule has 0 aliphatic heterocycles. The Balaban J connectivity index is 1.34. The van der Waals surface area contributed by atoms with Crippen molar-refractivity contribution in [3.63, 3.8) is 0 Å². The summed E-state index contributed by atoms with van der Waals surface area (Å²) in [6.45, 7) is 4.55. The van der Waals surface area contributed by atoms with Crippen LogP contribution in [0.3, 0.4) is 0 Å². The molecule has 162 valence electrons. The van der Waals surface area contributed by atoms with Crippen molar-refractivity contribution < 1.29 is 4.79 Å². The first kappa shape index (κ1) is 21.5. The molecule has 7 nitrogen and oxygen atoms in total. The summed E-state index contributed by atoms with van der Waals surface area (Å²) in [5.74, 6) is 2.21. The van der Waals surface area contributed by atoms with Crippen LogP contribution in [-0.4, -0.2) is 36.6 Å². The molecule has 30 heavy (non-hydrogen) atoms. The van der Waals surface area contributed by atoms with Gasteiger partial charge in [0, 0.05) is 18.4 Å². The van der Waals surface area contributed by atoms with E-state index in [4.69, 9.17) is 0 Å². The second kappa shape index (κ2) is 10.5. The number of anilines is 1. The maximum atomic E-state index is 12.5. The number of hydrogen-bond acceptors (Lipinski definition) is 7. The maximum Gasteiger partial charge on any atom is 0.236 e. The number of allylic oxidation sites excluding steroid dienone is 1. The highest BCUT2D eigenvalue weighted by atomic mass is 32.2. The van der Waals surface area contributed by atoms with Gasteiger partial charge in [0.25, 0.3) is 0 Å². The largest absolute Gasteiger partial charge is 0.302 e. The van der Waals surface area contributed by atoms with Crippen LogP contribution >= 0.6 is 23.1 Å². The molecule has 2 aromatic heterocycles. The van der Waals surface area contributed by atoms with Gasteiger partial charge in [-0.2, -0.15) is 0 Å². The van der Waals surface area contributed by atoms with Crippen LogP contribution in [0.15, 0.2) is 17.8 Å². The third kappa shape index (κ3) is 5.29. The second-order valence-corrected chi connectivity index (χ2v) is 10.1. The highest BCUT2D eigenvalue weighted by Gasteiger charge is 2.24. The quantitative estimate of drug-likeness (QED) is 0.446. The van der Waals surface area contributed by atoms with Crippen molar-refractivity contribution in [1.82, 2.24) is 25.0 Å². The molecule has 0 saturated heterocycles. The summed E-state index contributed by atoms with van der Waals surface area (Å²) in [6, 6.07) is 0. The lowest BCUT2D eigenvalue weighted by Gasteiger charge is -2.21. The van der Waals surface area contributed by atoms with Gasteiger partial charge in [0.15, 0.2) is 5.16 Å². The van der Waals surface area contributed by atoms with Gasteiger partial charge in [-0.15, -0.1) is 27.0 Å². The highest BCUT2D eigenvalue weighted by molar-refractivity contribution is 7.99. The van der Waals surface area contributed by atoms with E-state index in [1.165, 1.54) is 87.3 Å². The Morgan fingerprint density at radius 1 is 1.03 bits per heavy atom. The van der Waals surface area contributed by atoms with Crippen LogP contribution in [0.4, 0.5) is 5.13 Å². The van der Waals surface area contributed by atoms with Gasteiger partial charge in [0.1, 0.15) is 10.8 Å². The zero-order valence-corrected chi connectivity index (χ0v) is 19.0. The topological polar surface area (TPSA) is 85.6 Å². The van der Waals surface area contributed by atoms with E-state index >= 15 is 0 Å². The number of thioether (sulfide) groups is 1. The molecule has 0 spiro atoms. The molecule has 2 aliphatic carbocycles. The number of rotatable bonds is 8. The molecule has 2 heterocycles. The molecule has 0 aromatic carbocycles. The lowest BCUT2D eigenvalue weighted by molar-refractivity contribution is -0.113. The third-order valence-electron chi connectivity index (χ3n) is 6.00. The lowest BCUT2D eigenvalue weighted by Crippen LogP contribution is -2.15. The number of nitrogens with one attached hydrogen (secondary N) is 1. The molecular formula is C21H30N6OS2. The van der Waals surface area contributed by atoms with Gasteiger partial charge in [-0.3, -0.25) is 10.1 Å². The molecule has 2 aromatic rings. The number of nitrogens with zero attached hydrogens (tertiary/aromatic N) is 5. The molecule has 0 unspecified atom stereocenters. The van der Waals surface area contributed by atoms with E-state index < -0.39 is 0 Å². The summed E-state index contributed by atoms with van der Waals surface area (Å²) in [4.78, 5) is 12.5. The summed E-state index contributed by atoms with van der Waals surface area (Å²) in [7, 11) is 0. The Bertz CT molecular complexity index is 852. The van der Waals surface area contributed by atoms with Crippen LogP contribution in [0.5, 0.6) is 0 Å². The lowest BCUT2D eigenvalue weighted by atomic mass is 9.89. The van der Waals surface area contributed by atoms with Gasteiger partial charge in [-0.05, 0) is 25.7 Å². The minimum Gasteiger partial charge on any atom is -0.302 e. The normalized spacial score (nSPS) is 18.4. The first-order valence-corrected chi connectivity index (χ1v) is 12.8. The summed E-state index contributed by atoms with van der Waals surface area (Å²) in [5.41, 5.74) is 0. The minimum absolute atomic E-state index is 0.0845. The smallest absolute Gasteiger partial charge is 0.236 e. The summed E-state index contributed by atoms with van der Waals surface area (Å²) >= 11 is 2.93. The van der Waals surface area contributed by atoms with E-state index in [0.29, 0.717) is 23.5 Å². The molecule has 0 bridgehead atoms. The Labute approximate surface area is 186 Å². The van der Waals surface area contributed by atoms with Crippen molar-refractivity contribution in [1.29, 1.82) is 0 Å². The predicted molar refractivity (Wildman–Crippen MR) is 121 cm³/mol. The maximum absolute atomic E-state index is 12.5. The zero-order chi connectivity index (χ0) is 20.8. The van der Waals surface area contributed by atoms with Crippen molar-refractivity contribution in [2.24, 2.45) is 0 Å². The number of carbonyl (C=O) groups excluding carboxylic acids is 1. The molecule has 2 aliphatic rings. The van der Waals surface area contributed by atoms with E-state index in [9.17, 15) is 4.79 Å². The molecule has 1 amide bonds. The molecule has 1 N–H and O–H groups in total. The van der Waals surface area contributed by atoms with E-state index in [1.807, 2.05) is 6.08 Å². The molecule has 2 saturated carbocycles. The van der Waals surface area contributed by atoms with E-state index in [0.717, 1.165) is 16.0 Å². The Morgan fingerprint density at radius 3 is 2.43 bits per heavy atom. The summed E-state index contributed by atoms with van der Waals surface area (Å²) in [5, 5.41) is 22.7. The standard InChI is InChI=1S/C21H30N6OS2/c1-2-13-27-18(15-9-5-3-6-10-15)23-26-21(27)29-14-17(28)22-20-25-24-19(30-20)16-11-7-4-8-12-16/h2,15-16H,1,3-14H2,(H,22,25,28). The van der Waals surface area contributed by atoms with E-state index in [1.54, 1.807) is 0 Å². The first-order chi connectivity index (χ1) is 14.7. The average Bonchev–Trinajstić information content (AvgIpc) is 3.41. The van der Waals surface area contributed by atoms with Crippen LogP contribution in [0.1, 0.15) is 86.9 Å². The highest BCUT2D eigenvalue weighted by Crippen LogP contribution is 2.35. The van der Waals surface area contributed by atoms with Crippen molar-refractivity contribution in [2.75, 3.05) is 11.1 Å². The van der Waals surface area contributed by atoms with Gasteiger partial charge in [0.2, 0.25) is 11.0 Å². The van der Waals surface area contributed by atoms with Gasteiger partial charge < -0.3 is 4.57 Å². The van der Waals surface area contributed by atoms with Gasteiger partial charge in [0.05, 0.1) is 5.75 Å². The van der Waals surface area contributed by atoms with Crippen LogP contribution in [0.25, 0.3) is 0 Å². The molecule has 9 heteroatoms. The van der Waals surface area contributed by atoms with Crippen molar-refractivity contribution in [3.05, 3.63) is 23.5 Å². The Morgan fingerprint density at radius 2 is 1.73 bits per heavy atom. The zero-order valence-electron chi connectivity index (χ0n) is 17.4. The summed E-state index contributed by atoms with van der Waals surface area (Å²) < 4.78 is 2.12. The Kier molecular flexibility index (Phi) is 7.54. The molecule has 2 fully saturated rings. The fourth-order valence-electron chi connectivity index (χ4n) is 4.46. The first-order valence-electron chi connectivity index (χ1n) is 11.0. The number of carbonyl (C=O) groups is 1. The second-order valence-electron chi connectivity index (χ2n) is 8.19. The molecule has 0 atom stereocenters. The summed E-state index contributed by atoms with van der Waals surface area (Å²) in [6.07, 6.45) is 14.2. The van der Waals surface area contributed by atoms with Crippen LogP contribution in [0.2, 0.25) is 0 Å². The van der Waals surface area contributed by atoms with Crippen LogP contribution < -0.4 is 5.32 Å². The Hall–Kier alpha value is -1.74.